The first-order valence-corrected chi connectivity index (χ1v) is 5.29. The van der Waals surface area contributed by atoms with E-state index >= 15 is 0 Å². The van der Waals surface area contributed by atoms with Gasteiger partial charge in [-0.2, -0.15) is 0 Å². The summed E-state index contributed by atoms with van der Waals surface area (Å²) >= 11 is 0. The lowest BCUT2D eigenvalue weighted by Gasteiger charge is -2.07. The number of hydrogen-bond donors (Lipinski definition) is 0. The fraction of sp³-hybridized carbons (Fsp3) is 0.0667. The summed E-state index contributed by atoms with van der Waals surface area (Å²) < 4.78 is 0. The second kappa shape index (κ2) is 3.39. The van der Waals surface area contributed by atoms with Crippen LogP contribution < -0.4 is 0 Å². The van der Waals surface area contributed by atoms with Gasteiger partial charge >= 0.3 is 0 Å². The molecule has 3 rings (SSSR count). The monoisotopic (exact) mass is 192 g/mol. The molecule has 0 aromatic rings. The molecule has 0 saturated heterocycles. The highest BCUT2D eigenvalue weighted by molar-refractivity contribution is 5.65. The van der Waals surface area contributed by atoms with E-state index in [0.717, 1.165) is 6.42 Å². The van der Waals surface area contributed by atoms with Crippen molar-refractivity contribution in [2.24, 2.45) is 0 Å². The second-order valence-electron chi connectivity index (χ2n) is 3.85. The van der Waals surface area contributed by atoms with E-state index in [1.807, 2.05) is 0 Å². The maximum atomic E-state index is 2.23. The van der Waals surface area contributed by atoms with Gasteiger partial charge in [0.15, 0.2) is 0 Å². The van der Waals surface area contributed by atoms with Crippen molar-refractivity contribution in [2.45, 2.75) is 6.42 Å². The molecule has 0 heterocycles. The summed E-state index contributed by atoms with van der Waals surface area (Å²) in [6.45, 7) is 0. The van der Waals surface area contributed by atoms with E-state index in [4.69, 9.17) is 0 Å². The molecule has 0 aliphatic heterocycles. The Morgan fingerprint density at radius 1 is 0.800 bits per heavy atom. The third-order valence-corrected chi connectivity index (χ3v) is 2.90. The first-order chi connectivity index (χ1) is 7.45. The summed E-state index contributed by atoms with van der Waals surface area (Å²) in [4.78, 5) is 0. The molecule has 0 bridgehead atoms. The highest BCUT2D eigenvalue weighted by Gasteiger charge is 2.15. The molecular formula is C15H12. The quantitative estimate of drug-likeness (QED) is 0.547. The molecule has 0 N–H and O–H groups in total. The Hall–Kier alpha value is -1.82. The molecule has 0 unspecified atom stereocenters. The van der Waals surface area contributed by atoms with E-state index in [-0.39, 0.29) is 0 Å². The van der Waals surface area contributed by atoms with Crippen molar-refractivity contribution in [1.82, 2.24) is 0 Å². The largest absolute Gasteiger partial charge is 0.0795 e. The van der Waals surface area contributed by atoms with Gasteiger partial charge in [0.1, 0.15) is 0 Å². The fourth-order valence-corrected chi connectivity index (χ4v) is 2.16. The van der Waals surface area contributed by atoms with Crippen molar-refractivity contribution in [1.29, 1.82) is 0 Å². The van der Waals surface area contributed by atoms with Crippen LogP contribution in [0.2, 0.25) is 0 Å². The zero-order valence-corrected chi connectivity index (χ0v) is 8.48. The molecule has 0 amide bonds. The average molecular weight is 192 g/mol. The van der Waals surface area contributed by atoms with Crippen LogP contribution in [0.15, 0.2) is 83.1 Å². The van der Waals surface area contributed by atoms with Crippen LogP contribution in [0.4, 0.5) is 0 Å². The smallest absolute Gasteiger partial charge is 0.00879 e. The van der Waals surface area contributed by atoms with Gasteiger partial charge in [-0.3, -0.25) is 0 Å². The molecule has 0 nitrogen and oxygen atoms in total. The minimum absolute atomic E-state index is 1.07. The molecule has 0 saturated carbocycles. The molecule has 3 aliphatic rings. The molecule has 0 spiro atoms. The summed E-state index contributed by atoms with van der Waals surface area (Å²) in [5.74, 6) is 0. The lowest BCUT2D eigenvalue weighted by Crippen LogP contribution is -1.89. The SMILES string of the molecule is C1=CC=C2C(=CC=CC3=C2C=CC3)C=C1. The first-order valence-electron chi connectivity index (χ1n) is 5.29. The van der Waals surface area contributed by atoms with Gasteiger partial charge in [0.2, 0.25) is 0 Å². The lowest BCUT2D eigenvalue weighted by atomic mass is 9.97. The summed E-state index contributed by atoms with van der Waals surface area (Å²) in [6.07, 6.45) is 22.7. The molecule has 3 aliphatic carbocycles. The van der Waals surface area contributed by atoms with Gasteiger partial charge in [0, 0.05) is 0 Å². The number of hydrogen-bond acceptors (Lipinski definition) is 0. The topological polar surface area (TPSA) is 0 Å². The van der Waals surface area contributed by atoms with E-state index in [1.54, 1.807) is 0 Å². The summed E-state index contributed by atoms with van der Waals surface area (Å²) in [5.41, 5.74) is 5.45. The predicted octanol–water partition coefficient (Wildman–Crippen LogP) is 3.79. The Morgan fingerprint density at radius 3 is 2.80 bits per heavy atom. The second-order valence-corrected chi connectivity index (χ2v) is 3.85. The Balaban J connectivity index is 2.21. The van der Waals surface area contributed by atoms with Crippen LogP contribution in [0.5, 0.6) is 0 Å². The maximum Gasteiger partial charge on any atom is -0.00879 e. The zero-order chi connectivity index (χ0) is 10.1. The van der Waals surface area contributed by atoms with Crippen LogP contribution in [0, 0.1) is 0 Å². The van der Waals surface area contributed by atoms with Gasteiger partial charge in [-0.25, -0.2) is 0 Å². The maximum absolute atomic E-state index is 2.23. The standard InChI is InChI=1S/C15H12/c1-2-6-12-7-4-8-13-9-5-11-15(13)14(12)10-3-1/h1-8,10-11H,9H2. The van der Waals surface area contributed by atoms with Crippen LogP contribution in [-0.4, -0.2) is 0 Å². The third-order valence-electron chi connectivity index (χ3n) is 2.90. The minimum Gasteiger partial charge on any atom is -0.0795 e. The van der Waals surface area contributed by atoms with Crippen LogP contribution in [0.25, 0.3) is 0 Å². The normalized spacial score (nSPS) is 21.9. The Labute approximate surface area is 90.0 Å². The van der Waals surface area contributed by atoms with Crippen LogP contribution in [-0.2, 0) is 0 Å². The van der Waals surface area contributed by atoms with Crippen molar-refractivity contribution in [3.63, 3.8) is 0 Å². The van der Waals surface area contributed by atoms with Crippen molar-refractivity contribution in [2.75, 3.05) is 0 Å². The van der Waals surface area contributed by atoms with E-state index < -0.39 is 0 Å². The highest BCUT2D eigenvalue weighted by atomic mass is 14.2. The molecule has 0 heteroatoms. The van der Waals surface area contributed by atoms with Crippen molar-refractivity contribution in [3.05, 3.63) is 83.1 Å². The zero-order valence-electron chi connectivity index (χ0n) is 8.48. The van der Waals surface area contributed by atoms with Crippen molar-refractivity contribution in [3.8, 4) is 0 Å². The fourth-order valence-electron chi connectivity index (χ4n) is 2.16. The Morgan fingerprint density at radius 2 is 1.80 bits per heavy atom. The minimum atomic E-state index is 1.07. The average Bonchev–Trinajstić information content (AvgIpc) is 2.49. The van der Waals surface area contributed by atoms with Gasteiger partial charge in [-0.05, 0) is 28.7 Å². The summed E-state index contributed by atoms with van der Waals surface area (Å²) in [7, 11) is 0. The molecule has 15 heavy (non-hydrogen) atoms. The van der Waals surface area contributed by atoms with Crippen molar-refractivity contribution < 1.29 is 0 Å². The molecule has 72 valence electrons. The Kier molecular flexibility index (Phi) is 1.92. The number of fused-ring (bicyclic) bond motifs is 2. The highest BCUT2D eigenvalue weighted by Crippen LogP contribution is 2.33. The summed E-state index contributed by atoms with van der Waals surface area (Å²) in [6, 6.07) is 0. The third kappa shape index (κ3) is 1.39. The Bertz CT molecular complexity index is 500. The van der Waals surface area contributed by atoms with Gasteiger partial charge < -0.3 is 0 Å². The van der Waals surface area contributed by atoms with Crippen LogP contribution in [0.3, 0.4) is 0 Å². The van der Waals surface area contributed by atoms with E-state index in [1.165, 1.54) is 22.3 Å². The van der Waals surface area contributed by atoms with Gasteiger partial charge in [0.25, 0.3) is 0 Å². The summed E-state index contributed by atoms with van der Waals surface area (Å²) in [5, 5.41) is 0. The van der Waals surface area contributed by atoms with Crippen molar-refractivity contribution >= 4 is 0 Å². The molecule has 0 radical (unpaired) electrons. The molecule has 0 aromatic heterocycles. The molecule has 0 atom stereocenters. The molecule has 0 fully saturated rings. The predicted molar refractivity (Wildman–Crippen MR) is 64.4 cm³/mol. The van der Waals surface area contributed by atoms with E-state index in [9.17, 15) is 0 Å². The molecular weight excluding hydrogens is 180 g/mol. The van der Waals surface area contributed by atoms with Crippen LogP contribution >= 0.6 is 0 Å². The van der Waals surface area contributed by atoms with Gasteiger partial charge in [-0.1, -0.05) is 60.8 Å². The number of allylic oxidation sites excluding steroid dienone is 14. The van der Waals surface area contributed by atoms with Crippen LogP contribution in [0.1, 0.15) is 6.42 Å². The molecule has 0 aromatic carbocycles. The van der Waals surface area contributed by atoms with E-state index in [2.05, 4.69) is 60.8 Å². The lowest BCUT2D eigenvalue weighted by molar-refractivity contribution is 1.31. The van der Waals surface area contributed by atoms with Gasteiger partial charge in [-0.15, -0.1) is 0 Å². The van der Waals surface area contributed by atoms with E-state index in [0.29, 0.717) is 0 Å². The first kappa shape index (κ1) is 8.49. The van der Waals surface area contributed by atoms with Gasteiger partial charge in [0.05, 0.1) is 0 Å². The number of rotatable bonds is 0.